The van der Waals surface area contributed by atoms with Gasteiger partial charge in [0.1, 0.15) is 5.75 Å². The van der Waals surface area contributed by atoms with E-state index in [-0.39, 0.29) is 23.7 Å². The molecular weight excluding hydrogens is 354 g/mol. The molecule has 0 spiro atoms. The fourth-order valence-electron chi connectivity index (χ4n) is 4.99. The Morgan fingerprint density at radius 2 is 2.11 bits per heavy atom. The van der Waals surface area contributed by atoms with Crippen LogP contribution < -0.4 is 10.1 Å². The van der Waals surface area contributed by atoms with E-state index in [1.807, 2.05) is 0 Å². The van der Waals surface area contributed by atoms with Crippen LogP contribution in [0, 0.1) is 18.8 Å². The number of fused-ring (bicyclic) bond motifs is 1. The molecule has 28 heavy (non-hydrogen) atoms. The Kier molecular flexibility index (Phi) is 6.66. The van der Waals surface area contributed by atoms with E-state index in [0.29, 0.717) is 24.9 Å². The summed E-state index contributed by atoms with van der Waals surface area (Å²) in [6.07, 6.45) is 4.52. The van der Waals surface area contributed by atoms with Crippen molar-refractivity contribution >= 4 is 5.91 Å². The van der Waals surface area contributed by atoms with Crippen LogP contribution >= 0.6 is 0 Å². The summed E-state index contributed by atoms with van der Waals surface area (Å²) in [4.78, 5) is 12.6. The van der Waals surface area contributed by atoms with Crippen LogP contribution in [0.15, 0.2) is 18.2 Å². The Hall–Kier alpha value is -1.59. The van der Waals surface area contributed by atoms with Crippen LogP contribution in [0.3, 0.4) is 0 Å². The molecule has 1 heterocycles. The zero-order valence-corrected chi connectivity index (χ0v) is 17.9. The molecule has 1 aliphatic heterocycles. The maximum Gasteiger partial charge on any atom is 0.222 e. The number of aryl methyl sites for hydroxylation is 1. The van der Waals surface area contributed by atoms with Gasteiger partial charge in [0.2, 0.25) is 5.91 Å². The maximum atomic E-state index is 12.6. The number of ether oxygens (including phenoxy) is 3. The van der Waals surface area contributed by atoms with Crippen molar-refractivity contribution < 1.29 is 19.0 Å². The van der Waals surface area contributed by atoms with Gasteiger partial charge in [-0.05, 0) is 44.2 Å². The minimum Gasteiger partial charge on any atom is -0.496 e. The van der Waals surface area contributed by atoms with E-state index in [4.69, 9.17) is 14.2 Å². The molecule has 1 saturated heterocycles. The van der Waals surface area contributed by atoms with Gasteiger partial charge in [0.25, 0.3) is 0 Å². The van der Waals surface area contributed by atoms with Gasteiger partial charge in [-0.2, -0.15) is 0 Å². The van der Waals surface area contributed by atoms with Crippen molar-refractivity contribution in [3.63, 3.8) is 0 Å². The van der Waals surface area contributed by atoms with Crippen LogP contribution in [0.4, 0.5) is 0 Å². The molecule has 2 aliphatic rings. The Morgan fingerprint density at radius 3 is 2.82 bits per heavy atom. The highest BCUT2D eigenvalue weighted by atomic mass is 16.5. The molecule has 156 valence electrons. The molecule has 5 heteroatoms. The highest BCUT2D eigenvalue weighted by Gasteiger charge is 2.49. The summed E-state index contributed by atoms with van der Waals surface area (Å²) in [5.41, 5.74) is 1.94. The molecule has 0 aromatic heterocycles. The Balaban J connectivity index is 1.88. The van der Waals surface area contributed by atoms with E-state index in [0.717, 1.165) is 36.1 Å². The highest BCUT2D eigenvalue weighted by molar-refractivity contribution is 5.77. The lowest BCUT2D eigenvalue weighted by molar-refractivity contribution is -0.154. The molecule has 5 atom stereocenters. The van der Waals surface area contributed by atoms with Gasteiger partial charge in [0, 0.05) is 37.0 Å². The molecule has 2 fully saturated rings. The van der Waals surface area contributed by atoms with E-state index in [9.17, 15) is 4.79 Å². The predicted molar refractivity (Wildman–Crippen MR) is 110 cm³/mol. The number of carbonyl (C=O) groups excluding carboxylic acids is 1. The van der Waals surface area contributed by atoms with Gasteiger partial charge in [-0.25, -0.2) is 0 Å². The van der Waals surface area contributed by atoms with Crippen molar-refractivity contribution in [1.29, 1.82) is 0 Å². The second kappa shape index (κ2) is 8.83. The summed E-state index contributed by atoms with van der Waals surface area (Å²) in [6.45, 7) is 7.00. The number of carbonyl (C=O) groups is 1. The number of benzene rings is 1. The van der Waals surface area contributed by atoms with Crippen molar-refractivity contribution in [2.75, 3.05) is 20.8 Å². The average molecular weight is 390 g/mol. The van der Waals surface area contributed by atoms with E-state index < -0.39 is 0 Å². The normalized spacial score (nSPS) is 32.5. The fourth-order valence-corrected chi connectivity index (χ4v) is 4.99. The zero-order chi connectivity index (χ0) is 20.3. The van der Waals surface area contributed by atoms with E-state index in [1.165, 1.54) is 6.42 Å². The third-order valence-electron chi connectivity index (χ3n) is 6.51. The molecule has 3 rings (SSSR count). The number of hydrogen-bond donors (Lipinski definition) is 1. The number of amides is 1. The zero-order valence-electron chi connectivity index (χ0n) is 17.9. The van der Waals surface area contributed by atoms with Crippen molar-refractivity contribution in [3.05, 3.63) is 29.3 Å². The molecule has 1 aliphatic carbocycles. The number of nitrogens with one attached hydrogen (secondary N) is 1. The van der Waals surface area contributed by atoms with Crippen LogP contribution in [0.1, 0.15) is 63.2 Å². The first-order valence-electron chi connectivity index (χ1n) is 10.5. The molecule has 1 saturated carbocycles. The summed E-state index contributed by atoms with van der Waals surface area (Å²) >= 11 is 0. The Morgan fingerprint density at radius 1 is 1.32 bits per heavy atom. The number of rotatable bonds is 6. The first-order valence-corrected chi connectivity index (χ1v) is 10.5. The van der Waals surface area contributed by atoms with Crippen molar-refractivity contribution in [3.8, 4) is 5.75 Å². The van der Waals surface area contributed by atoms with E-state index >= 15 is 0 Å². The average Bonchev–Trinajstić information content (AvgIpc) is 2.65. The third kappa shape index (κ3) is 4.52. The monoisotopic (exact) mass is 389 g/mol. The topological polar surface area (TPSA) is 56.8 Å². The summed E-state index contributed by atoms with van der Waals surface area (Å²) in [5, 5.41) is 3.35. The molecule has 5 nitrogen and oxygen atoms in total. The lowest BCUT2D eigenvalue weighted by atomic mass is 9.66. The van der Waals surface area contributed by atoms with Crippen LogP contribution in [0.2, 0.25) is 0 Å². The van der Waals surface area contributed by atoms with Gasteiger partial charge in [-0.1, -0.05) is 25.5 Å². The van der Waals surface area contributed by atoms with Crippen LogP contribution in [0.25, 0.3) is 0 Å². The lowest BCUT2D eigenvalue weighted by Crippen LogP contribution is -2.60. The third-order valence-corrected chi connectivity index (χ3v) is 6.51. The summed E-state index contributed by atoms with van der Waals surface area (Å²) in [5.74, 6) is 1.90. The Bertz CT molecular complexity index is 691. The predicted octanol–water partition coefficient (Wildman–Crippen LogP) is 4.18. The first kappa shape index (κ1) is 21.1. The van der Waals surface area contributed by atoms with Gasteiger partial charge < -0.3 is 19.5 Å². The van der Waals surface area contributed by atoms with Gasteiger partial charge in [-0.3, -0.25) is 4.79 Å². The van der Waals surface area contributed by atoms with Crippen molar-refractivity contribution in [2.45, 2.75) is 70.6 Å². The second-order valence-corrected chi connectivity index (χ2v) is 8.85. The minimum atomic E-state index is -0.297. The van der Waals surface area contributed by atoms with Gasteiger partial charge in [-0.15, -0.1) is 0 Å². The molecule has 1 aromatic rings. The van der Waals surface area contributed by atoms with Crippen molar-refractivity contribution in [2.24, 2.45) is 11.8 Å². The summed E-state index contributed by atoms with van der Waals surface area (Å²) in [6, 6.07) is 6.27. The van der Waals surface area contributed by atoms with Crippen LogP contribution in [0.5, 0.6) is 5.75 Å². The number of hydrogen-bond acceptors (Lipinski definition) is 4. The quantitative estimate of drug-likeness (QED) is 0.793. The Labute approximate surface area is 169 Å². The number of methoxy groups -OCH3 is 2. The molecule has 1 N–H and O–H groups in total. The summed E-state index contributed by atoms with van der Waals surface area (Å²) < 4.78 is 17.4. The van der Waals surface area contributed by atoms with Gasteiger partial charge in [0.15, 0.2) is 0 Å². The van der Waals surface area contributed by atoms with Crippen molar-refractivity contribution in [1.82, 2.24) is 5.32 Å². The van der Waals surface area contributed by atoms with E-state index in [2.05, 4.69) is 44.3 Å². The molecule has 0 bridgehead atoms. The van der Waals surface area contributed by atoms with Gasteiger partial charge in [0.05, 0.1) is 25.9 Å². The smallest absolute Gasteiger partial charge is 0.222 e. The minimum absolute atomic E-state index is 0.0539. The van der Waals surface area contributed by atoms with E-state index in [1.54, 1.807) is 14.2 Å². The standard InChI is InChI=1S/C23H35NO4/c1-15-6-8-17(19(12-15)27-5)21-14-23(3,24-22(25)10-11-26-4)18-9-7-16(2)13-20(18)28-21/h6,8,12,16,18,20-21H,7,9-11,13-14H2,1-5H3,(H,24,25)/t16-,18-,20-,21-,23-/m1/s1. The fraction of sp³-hybridized carbons (Fsp3) is 0.696. The molecule has 1 aromatic carbocycles. The SMILES string of the molecule is COCCC(=O)N[C@]1(C)C[C@H](c2ccc(C)cc2OC)O[C@@H]2C[C@H](C)CC[C@H]21. The molecule has 1 amide bonds. The molecule has 0 unspecified atom stereocenters. The second-order valence-electron chi connectivity index (χ2n) is 8.85. The summed E-state index contributed by atoms with van der Waals surface area (Å²) in [7, 11) is 3.33. The van der Waals surface area contributed by atoms with Crippen LogP contribution in [-0.2, 0) is 14.3 Å². The lowest BCUT2D eigenvalue weighted by Gasteiger charge is -2.52. The molecular formula is C23H35NO4. The molecule has 0 radical (unpaired) electrons. The maximum absolute atomic E-state index is 12.6. The highest BCUT2D eigenvalue weighted by Crippen LogP contribution is 2.49. The van der Waals surface area contributed by atoms with Crippen LogP contribution in [-0.4, -0.2) is 38.4 Å². The first-order chi connectivity index (χ1) is 13.4. The van der Waals surface area contributed by atoms with Gasteiger partial charge >= 0.3 is 0 Å². The largest absolute Gasteiger partial charge is 0.496 e.